The van der Waals surface area contributed by atoms with Gasteiger partial charge in [0, 0.05) is 12.8 Å². The Balaban J connectivity index is 2.28. The van der Waals surface area contributed by atoms with Crippen LogP contribution < -0.4 is 0 Å². The van der Waals surface area contributed by atoms with Crippen LogP contribution in [0.2, 0.25) is 0 Å². The van der Waals surface area contributed by atoms with Crippen LogP contribution in [0.5, 0.6) is 0 Å². The van der Waals surface area contributed by atoms with Gasteiger partial charge in [-0.3, -0.25) is 4.79 Å². The Bertz CT molecular complexity index is 551. The zero-order valence-electron chi connectivity index (χ0n) is 16.6. The number of hydrogen-bond donors (Lipinski definition) is 4. The minimum atomic E-state index is -0.956. The van der Waals surface area contributed by atoms with Crippen LogP contribution in [0.1, 0.15) is 51.9 Å². The van der Waals surface area contributed by atoms with E-state index in [0.29, 0.717) is 6.42 Å². The van der Waals surface area contributed by atoms with Crippen molar-refractivity contribution in [1.29, 1.82) is 0 Å². The number of carbonyl (C=O) groups is 1. The summed E-state index contributed by atoms with van der Waals surface area (Å²) >= 11 is 0. The molecule has 0 unspecified atom stereocenters. The quantitative estimate of drug-likeness (QED) is 0.358. The summed E-state index contributed by atoms with van der Waals surface area (Å²) < 4.78 is 5.56. The molecule has 0 aromatic rings. The maximum atomic E-state index is 10.6. The number of hydrogen-bond acceptors (Lipinski definition) is 5. The molecule has 28 heavy (non-hydrogen) atoms. The van der Waals surface area contributed by atoms with Gasteiger partial charge in [-0.05, 0) is 32.1 Å². The largest absolute Gasteiger partial charge is 0.481 e. The monoisotopic (exact) mass is 394 g/mol. The molecule has 0 bridgehead atoms. The van der Waals surface area contributed by atoms with Crippen LogP contribution in [0, 0.1) is 0 Å². The lowest BCUT2D eigenvalue weighted by Crippen LogP contribution is -2.25. The Hall–Kier alpha value is -1.73. The zero-order chi connectivity index (χ0) is 20.8. The lowest BCUT2D eigenvalue weighted by atomic mass is 10.0. The second kappa shape index (κ2) is 14.3. The smallest absolute Gasteiger partial charge is 0.303 e. The number of carboxylic acids is 1. The fourth-order valence-corrected chi connectivity index (χ4v) is 2.90. The molecule has 1 aliphatic heterocycles. The molecular formula is C22H34O6. The van der Waals surface area contributed by atoms with Gasteiger partial charge in [-0.1, -0.05) is 55.5 Å². The molecule has 158 valence electrons. The van der Waals surface area contributed by atoms with Gasteiger partial charge < -0.3 is 25.2 Å². The maximum absolute atomic E-state index is 10.6. The molecular weight excluding hydrogens is 360 g/mol. The summed E-state index contributed by atoms with van der Waals surface area (Å²) in [6, 6.07) is 0. The highest BCUT2D eigenvalue weighted by molar-refractivity contribution is 5.66. The Labute approximate surface area is 167 Å². The second-order valence-corrected chi connectivity index (χ2v) is 6.92. The SMILES string of the molecule is CC/C=C\C/C=C\C/C=C\C[C@@H](O)/C=C/[C@H](O)[C@H]1C[C@@H](O)[C@H](CCC(=O)O)O1. The van der Waals surface area contributed by atoms with E-state index in [4.69, 9.17) is 9.84 Å². The highest BCUT2D eigenvalue weighted by Gasteiger charge is 2.36. The summed E-state index contributed by atoms with van der Waals surface area (Å²) in [6.45, 7) is 2.10. The summed E-state index contributed by atoms with van der Waals surface area (Å²) in [5, 5.41) is 38.7. The number of aliphatic hydroxyl groups excluding tert-OH is 3. The van der Waals surface area contributed by atoms with Gasteiger partial charge in [0.1, 0.15) is 0 Å². The van der Waals surface area contributed by atoms with Crippen molar-refractivity contribution in [2.24, 2.45) is 0 Å². The average molecular weight is 395 g/mol. The third kappa shape index (κ3) is 10.6. The van der Waals surface area contributed by atoms with E-state index in [1.807, 2.05) is 12.2 Å². The first-order chi connectivity index (χ1) is 13.4. The molecule has 4 N–H and O–H groups in total. The van der Waals surface area contributed by atoms with E-state index in [-0.39, 0.29) is 19.3 Å². The molecule has 1 rings (SSSR count). The van der Waals surface area contributed by atoms with Crippen molar-refractivity contribution in [1.82, 2.24) is 0 Å². The van der Waals surface area contributed by atoms with Crippen molar-refractivity contribution in [3.8, 4) is 0 Å². The zero-order valence-corrected chi connectivity index (χ0v) is 16.6. The first-order valence-corrected chi connectivity index (χ1v) is 9.98. The Morgan fingerprint density at radius 1 is 1.07 bits per heavy atom. The van der Waals surface area contributed by atoms with E-state index < -0.39 is 36.5 Å². The molecule has 0 amide bonds. The first-order valence-electron chi connectivity index (χ1n) is 9.98. The summed E-state index contributed by atoms with van der Waals surface area (Å²) in [5.74, 6) is -0.945. The summed E-state index contributed by atoms with van der Waals surface area (Å²) in [7, 11) is 0. The minimum absolute atomic E-state index is 0.0872. The maximum Gasteiger partial charge on any atom is 0.303 e. The molecule has 0 saturated carbocycles. The second-order valence-electron chi connectivity index (χ2n) is 6.92. The molecule has 6 heteroatoms. The average Bonchev–Trinajstić information content (AvgIpc) is 3.04. The molecule has 1 saturated heterocycles. The van der Waals surface area contributed by atoms with Crippen LogP contribution in [0.3, 0.4) is 0 Å². The Morgan fingerprint density at radius 3 is 2.36 bits per heavy atom. The van der Waals surface area contributed by atoms with Crippen LogP contribution in [-0.4, -0.2) is 56.9 Å². The molecule has 0 aliphatic carbocycles. The van der Waals surface area contributed by atoms with Crippen molar-refractivity contribution in [3.63, 3.8) is 0 Å². The fourth-order valence-electron chi connectivity index (χ4n) is 2.90. The minimum Gasteiger partial charge on any atom is -0.481 e. The lowest BCUT2D eigenvalue weighted by molar-refractivity contribution is -0.138. The van der Waals surface area contributed by atoms with Crippen LogP contribution in [0.25, 0.3) is 0 Å². The molecule has 1 heterocycles. The number of carboxylic acid groups (broad SMARTS) is 1. The molecule has 1 aliphatic rings. The predicted molar refractivity (Wildman–Crippen MR) is 109 cm³/mol. The van der Waals surface area contributed by atoms with Crippen LogP contribution in [0.4, 0.5) is 0 Å². The molecule has 0 spiro atoms. The topological polar surface area (TPSA) is 107 Å². The Morgan fingerprint density at radius 2 is 1.71 bits per heavy atom. The van der Waals surface area contributed by atoms with Crippen molar-refractivity contribution in [3.05, 3.63) is 48.6 Å². The van der Waals surface area contributed by atoms with Gasteiger partial charge >= 0.3 is 5.97 Å². The highest BCUT2D eigenvalue weighted by atomic mass is 16.5. The van der Waals surface area contributed by atoms with Gasteiger partial charge in [0.05, 0.1) is 30.5 Å². The molecule has 1 fully saturated rings. The molecule has 0 aromatic carbocycles. The number of allylic oxidation sites excluding steroid dienone is 5. The van der Waals surface area contributed by atoms with Crippen molar-refractivity contribution in [2.45, 2.75) is 82.4 Å². The number of ether oxygens (including phenoxy) is 1. The van der Waals surface area contributed by atoms with E-state index >= 15 is 0 Å². The van der Waals surface area contributed by atoms with E-state index in [0.717, 1.165) is 19.3 Å². The van der Waals surface area contributed by atoms with Gasteiger partial charge in [0.15, 0.2) is 0 Å². The molecule has 5 atom stereocenters. The van der Waals surface area contributed by atoms with E-state index in [1.165, 1.54) is 12.2 Å². The Kier molecular flexibility index (Phi) is 12.4. The number of rotatable bonds is 13. The van der Waals surface area contributed by atoms with Gasteiger partial charge in [-0.15, -0.1) is 0 Å². The van der Waals surface area contributed by atoms with Crippen molar-refractivity contribution in [2.75, 3.05) is 0 Å². The number of aliphatic hydroxyl groups is 3. The molecule has 0 radical (unpaired) electrons. The summed E-state index contributed by atoms with van der Waals surface area (Å²) in [5.41, 5.74) is 0. The highest BCUT2D eigenvalue weighted by Crippen LogP contribution is 2.26. The van der Waals surface area contributed by atoms with Gasteiger partial charge in [0.25, 0.3) is 0 Å². The number of aliphatic carboxylic acids is 1. The van der Waals surface area contributed by atoms with Crippen LogP contribution >= 0.6 is 0 Å². The fraction of sp³-hybridized carbons (Fsp3) is 0.591. The third-order valence-electron chi connectivity index (χ3n) is 4.46. The van der Waals surface area contributed by atoms with E-state index in [9.17, 15) is 20.1 Å². The van der Waals surface area contributed by atoms with E-state index in [2.05, 4.69) is 31.2 Å². The standard InChI is InChI=1S/C22H34O6/c1-2-3-4-5-6-7-8-9-10-11-17(23)12-13-18(24)21-16-19(25)20(28-21)14-15-22(26)27/h3-4,6-7,9-10,12-13,17-21,23-25H,2,5,8,11,14-16H2,1H3,(H,26,27)/b4-3-,7-6-,10-9-,13-12+/t17-,18+,19-,20+,21-/m1/s1. The molecule has 0 aromatic heterocycles. The molecule has 6 nitrogen and oxygen atoms in total. The predicted octanol–water partition coefficient (Wildman–Crippen LogP) is 2.90. The first kappa shape index (κ1) is 24.3. The normalized spacial score (nSPS) is 25.5. The van der Waals surface area contributed by atoms with Crippen molar-refractivity contribution < 1.29 is 30.0 Å². The summed E-state index contributed by atoms with van der Waals surface area (Å²) in [6.07, 6.45) is 15.3. The van der Waals surface area contributed by atoms with Crippen molar-refractivity contribution >= 4 is 5.97 Å². The van der Waals surface area contributed by atoms with Crippen LogP contribution in [-0.2, 0) is 9.53 Å². The summed E-state index contributed by atoms with van der Waals surface area (Å²) in [4.78, 5) is 10.6. The van der Waals surface area contributed by atoms with Gasteiger partial charge in [-0.25, -0.2) is 0 Å². The lowest BCUT2D eigenvalue weighted by Gasteiger charge is -2.16. The third-order valence-corrected chi connectivity index (χ3v) is 4.46. The van der Waals surface area contributed by atoms with Gasteiger partial charge in [0.2, 0.25) is 0 Å². The van der Waals surface area contributed by atoms with E-state index in [1.54, 1.807) is 0 Å². The van der Waals surface area contributed by atoms with Gasteiger partial charge in [-0.2, -0.15) is 0 Å². The van der Waals surface area contributed by atoms with Crippen LogP contribution in [0.15, 0.2) is 48.6 Å².